The monoisotopic (exact) mass is 408 g/mol. The Kier molecular flexibility index (Phi) is 6.37. The summed E-state index contributed by atoms with van der Waals surface area (Å²) in [6, 6.07) is 38.2. The highest BCUT2D eigenvalue weighted by Gasteiger charge is 2.21. The Morgan fingerprint density at radius 1 is 0.600 bits per heavy atom. The van der Waals surface area contributed by atoms with Gasteiger partial charge in [-0.1, -0.05) is 96.1 Å². The van der Waals surface area contributed by atoms with E-state index in [0.717, 1.165) is 17.0 Å². The molecule has 0 atom stereocenters. The van der Waals surface area contributed by atoms with Gasteiger partial charge >= 0.3 is 0 Å². The fourth-order valence-corrected chi connectivity index (χ4v) is 5.37. The van der Waals surface area contributed by atoms with Gasteiger partial charge in [0.25, 0.3) is 0 Å². The molecule has 0 heterocycles. The molecule has 0 amide bonds. The van der Waals surface area contributed by atoms with Gasteiger partial charge in [0.15, 0.2) is 0 Å². The van der Waals surface area contributed by atoms with E-state index in [1.165, 1.54) is 21.7 Å². The molecule has 0 unspecified atom stereocenters. The first kappa shape index (κ1) is 20.1. The summed E-state index contributed by atoms with van der Waals surface area (Å²) in [5.74, 6) is 0. The lowest BCUT2D eigenvalue weighted by Gasteiger charge is -2.22. The van der Waals surface area contributed by atoms with Gasteiger partial charge in [-0.15, -0.1) is 0 Å². The minimum atomic E-state index is -0.838. The van der Waals surface area contributed by atoms with E-state index in [2.05, 4.69) is 128 Å². The van der Waals surface area contributed by atoms with Crippen molar-refractivity contribution in [1.82, 2.24) is 0 Å². The molecule has 2 nitrogen and oxygen atoms in total. The molecule has 0 spiro atoms. The molecule has 0 saturated heterocycles. The second-order valence-electron chi connectivity index (χ2n) is 7.27. The molecule has 0 aliphatic carbocycles. The zero-order valence-corrected chi connectivity index (χ0v) is 18.2. The Balaban J connectivity index is 1.84. The lowest BCUT2D eigenvalue weighted by molar-refractivity contribution is 1.43. The third-order valence-corrected chi connectivity index (χ3v) is 7.08. The van der Waals surface area contributed by atoms with Crippen LogP contribution in [0.15, 0.2) is 114 Å². The Morgan fingerprint density at radius 2 is 1.07 bits per heavy atom. The summed E-state index contributed by atoms with van der Waals surface area (Å²) in [5, 5.41) is 6.18. The SMILES string of the molecule is Cc1ccc(/N=C(/Nc2ccc(C)cc2)P(c2ccccc2)c2ccccc2)cc1. The number of hydrogen-bond donors (Lipinski definition) is 1. The van der Waals surface area contributed by atoms with Crippen molar-refractivity contribution in [1.29, 1.82) is 0 Å². The number of nitrogens with one attached hydrogen (secondary N) is 1. The van der Waals surface area contributed by atoms with E-state index in [4.69, 9.17) is 4.99 Å². The number of amidine groups is 1. The number of nitrogens with zero attached hydrogens (tertiary/aromatic N) is 1. The zero-order chi connectivity index (χ0) is 20.8. The molecule has 30 heavy (non-hydrogen) atoms. The second kappa shape index (κ2) is 9.52. The number of anilines is 1. The number of benzene rings is 4. The van der Waals surface area contributed by atoms with Crippen molar-refractivity contribution < 1.29 is 0 Å². The topological polar surface area (TPSA) is 24.4 Å². The molecule has 1 N–H and O–H groups in total. The van der Waals surface area contributed by atoms with Crippen LogP contribution in [0.4, 0.5) is 11.4 Å². The first-order valence-corrected chi connectivity index (χ1v) is 11.4. The first-order valence-electron chi connectivity index (χ1n) is 10.1. The van der Waals surface area contributed by atoms with Crippen LogP contribution in [0, 0.1) is 13.8 Å². The van der Waals surface area contributed by atoms with Crippen LogP contribution < -0.4 is 15.9 Å². The number of aliphatic imine (C=N–C) groups is 1. The Hall–Kier alpha value is -3.22. The smallest absolute Gasteiger partial charge is 0.138 e. The van der Waals surface area contributed by atoms with Crippen molar-refractivity contribution in [3.63, 3.8) is 0 Å². The summed E-state index contributed by atoms with van der Waals surface area (Å²) in [6.45, 7) is 4.20. The third kappa shape index (κ3) is 5.03. The third-order valence-electron chi connectivity index (χ3n) is 4.82. The molecule has 4 rings (SSSR count). The highest BCUT2D eigenvalue weighted by atomic mass is 31.1. The van der Waals surface area contributed by atoms with Crippen molar-refractivity contribution >= 4 is 35.5 Å². The first-order chi connectivity index (χ1) is 14.7. The summed E-state index contributed by atoms with van der Waals surface area (Å²) in [6.07, 6.45) is 0. The molecule has 0 fully saturated rings. The van der Waals surface area contributed by atoms with Gasteiger partial charge in [-0.3, -0.25) is 0 Å². The Morgan fingerprint density at radius 3 is 1.57 bits per heavy atom. The van der Waals surface area contributed by atoms with Crippen LogP contribution >= 0.6 is 7.92 Å². The molecular weight excluding hydrogens is 383 g/mol. The minimum absolute atomic E-state index is 0.838. The highest BCUT2D eigenvalue weighted by molar-refractivity contribution is 7.88. The average Bonchev–Trinajstić information content (AvgIpc) is 2.78. The number of hydrogen-bond acceptors (Lipinski definition) is 1. The molecule has 4 aromatic carbocycles. The standard InChI is InChI=1S/C27H25N2P/c1-21-13-17-23(18-14-21)28-27(29-24-19-15-22(2)16-20-24)30(25-9-5-3-6-10-25)26-11-7-4-8-12-26/h3-20H,1-2H3,(H,28,29). The quantitative estimate of drug-likeness (QED) is 0.226. The number of aryl methyl sites for hydroxylation is 2. The van der Waals surface area contributed by atoms with Crippen molar-refractivity contribution in [2.24, 2.45) is 4.99 Å². The van der Waals surface area contributed by atoms with E-state index >= 15 is 0 Å². The lowest BCUT2D eigenvalue weighted by Crippen LogP contribution is -2.23. The van der Waals surface area contributed by atoms with Crippen LogP contribution in [-0.2, 0) is 0 Å². The molecule has 148 valence electrons. The van der Waals surface area contributed by atoms with Crippen molar-refractivity contribution in [3.05, 3.63) is 120 Å². The van der Waals surface area contributed by atoms with Crippen LogP contribution in [-0.4, -0.2) is 5.58 Å². The predicted molar refractivity (Wildman–Crippen MR) is 132 cm³/mol. The van der Waals surface area contributed by atoms with Gasteiger partial charge in [-0.2, -0.15) is 0 Å². The van der Waals surface area contributed by atoms with Gasteiger partial charge in [-0.25, -0.2) is 4.99 Å². The van der Waals surface area contributed by atoms with Gasteiger partial charge in [0.2, 0.25) is 0 Å². The molecule has 0 radical (unpaired) electrons. The Labute approximate surface area is 180 Å². The van der Waals surface area contributed by atoms with Crippen LogP contribution in [0.1, 0.15) is 11.1 Å². The fraction of sp³-hybridized carbons (Fsp3) is 0.0741. The highest BCUT2D eigenvalue weighted by Crippen LogP contribution is 2.37. The van der Waals surface area contributed by atoms with Gasteiger partial charge < -0.3 is 5.32 Å². The van der Waals surface area contributed by atoms with Gasteiger partial charge in [0.1, 0.15) is 5.58 Å². The lowest BCUT2D eigenvalue weighted by atomic mass is 10.2. The van der Waals surface area contributed by atoms with Crippen LogP contribution in [0.2, 0.25) is 0 Å². The molecule has 0 aliphatic heterocycles. The summed E-state index contributed by atoms with van der Waals surface area (Å²) >= 11 is 0. The minimum Gasteiger partial charge on any atom is -0.339 e. The zero-order valence-electron chi connectivity index (χ0n) is 17.3. The molecule has 4 aromatic rings. The summed E-state index contributed by atoms with van der Waals surface area (Å²) in [7, 11) is -0.838. The van der Waals surface area contributed by atoms with E-state index in [1.807, 2.05) is 0 Å². The Bertz CT molecular complexity index is 1060. The van der Waals surface area contributed by atoms with Crippen LogP contribution in [0.3, 0.4) is 0 Å². The van der Waals surface area contributed by atoms with E-state index in [0.29, 0.717) is 0 Å². The van der Waals surface area contributed by atoms with Crippen LogP contribution in [0.5, 0.6) is 0 Å². The summed E-state index contributed by atoms with van der Waals surface area (Å²) < 4.78 is 0. The summed E-state index contributed by atoms with van der Waals surface area (Å²) in [5.41, 5.74) is 5.44. The van der Waals surface area contributed by atoms with E-state index < -0.39 is 7.92 Å². The van der Waals surface area contributed by atoms with Crippen molar-refractivity contribution in [3.8, 4) is 0 Å². The molecule has 0 aromatic heterocycles. The van der Waals surface area contributed by atoms with Gasteiger partial charge in [-0.05, 0) is 48.7 Å². The van der Waals surface area contributed by atoms with Crippen molar-refractivity contribution in [2.45, 2.75) is 13.8 Å². The van der Waals surface area contributed by atoms with Crippen molar-refractivity contribution in [2.75, 3.05) is 5.32 Å². The maximum absolute atomic E-state index is 5.10. The van der Waals surface area contributed by atoms with E-state index in [1.54, 1.807) is 0 Å². The largest absolute Gasteiger partial charge is 0.339 e. The maximum Gasteiger partial charge on any atom is 0.138 e. The molecule has 0 saturated carbocycles. The van der Waals surface area contributed by atoms with Gasteiger partial charge in [0, 0.05) is 13.6 Å². The average molecular weight is 408 g/mol. The van der Waals surface area contributed by atoms with E-state index in [-0.39, 0.29) is 0 Å². The second-order valence-corrected chi connectivity index (χ2v) is 9.40. The number of rotatable bonds is 5. The maximum atomic E-state index is 5.10. The molecule has 3 heteroatoms. The molecule has 0 bridgehead atoms. The molecule has 0 aliphatic rings. The normalized spacial score (nSPS) is 11.5. The van der Waals surface area contributed by atoms with E-state index in [9.17, 15) is 0 Å². The fourth-order valence-electron chi connectivity index (χ4n) is 3.19. The van der Waals surface area contributed by atoms with Gasteiger partial charge in [0.05, 0.1) is 5.69 Å². The summed E-state index contributed by atoms with van der Waals surface area (Å²) in [4.78, 5) is 5.10. The molecular formula is C27H25N2P. The predicted octanol–water partition coefficient (Wildman–Crippen LogP) is 6.54. The van der Waals surface area contributed by atoms with Crippen LogP contribution in [0.25, 0.3) is 0 Å².